The maximum absolute atomic E-state index is 6.00. The third kappa shape index (κ3) is 2.74. The molecule has 0 radical (unpaired) electrons. The fourth-order valence-corrected chi connectivity index (χ4v) is 2.97. The number of hydrogen-bond donors (Lipinski definition) is 1. The van der Waals surface area contributed by atoms with Gasteiger partial charge in [0.25, 0.3) is 0 Å². The number of rotatable bonds is 5. The van der Waals surface area contributed by atoms with Crippen LogP contribution in [0.15, 0.2) is 41.8 Å². The smallest absolute Gasteiger partial charge is 0.118 e. The van der Waals surface area contributed by atoms with E-state index in [1.54, 1.807) is 18.4 Å². The molecule has 1 atom stereocenters. The van der Waals surface area contributed by atoms with Crippen LogP contribution >= 0.6 is 11.3 Å². The van der Waals surface area contributed by atoms with Gasteiger partial charge in [0.15, 0.2) is 0 Å². The maximum Gasteiger partial charge on any atom is 0.118 e. The lowest BCUT2D eigenvalue weighted by Crippen LogP contribution is -2.33. The highest BCUT2D eigenvalue weighted by molar-refractivity contribution is 7.09. The number of ether oxygens (including phenoxy) is 1. The first-order valence-corrected chi connectivity index (χ1v) is 6.93. The van der Waals surface area contributed by atoms with Crippen LogP contribution in [0.5, 0.6) is 5.75 Å². The monoisotopic (exact) mass is 261 g/mol. The summed E-state index contributed by atoms with van der Waals surface area (Å²) in [4.78, 5) is 1.37. The van der Waals surface area contributed by atoms with Crippen molar-refractivity contribution in [3.63, 3.8) is 0 Å². The average Bonchev–Trinajstić information content (AvgIpc) is 2.91. The summed E-state index contributed by atoms with van der Waals surface area (Å²) in [6.07, 6.45) is 0.980. The topological polar surface area (TPSA) is 35.2 Å². The molecule has 96 valence electrons. The van der Waals surface area contributed by atoms with E-state index in [0.717, 1.165) is 12.2 Å². The SMILES string of the molecule is COc1ccc(C(C)(CN)Cc2cccs2)cc1. The molecule has 1 heterocycles. The van der Waals surface area contributed by atoms with Crippen LogP contribution in [0.25, 0.3) is 0 Å². The Kier molecular flexibility index (Phi) is 4.04. The van der Waals surface area contributed by atoms with Gasteiger partial charge in [0, 0.05) is 16.8 Å². The van der Waals surface area contributed by atoms with E-state index in [9.17, 15) is 0 Å². The summed E-state index contributed by atoms with van der Waals surface area (Å²) in [5.41, 5.74) is 7.25. The summed E-state index contributed by atoms with van der Waals surface area (Å²) < 4.78 is 5.19. The zero-order valence-electron chi connectivity index (χ0n) is 10.8. The van der Waals surface area contributed by atoms with Crippen molar-refractivity contribution in [1.29, 1.82) is 0 Å². The van der Waals surface area contributed by atoms with E-state index in [1.807, 2.05) is 12.1 Å². The molecule has 0 aliphatic heterocycles. The first-order valence-electron chi connectivity index (χ1n) is 6.05. The van der Waals surface area contributed by atoms with Crippen molar-refractivity contribution < 1.29 is 4.74 Å². The third-order valence-electron chi connectivity index (χ3n) is 3.38. The Balaban J connectivity index is 2.24. The molecule has 18 heavy (non-hydrogen) atoms. The first-order chi connectivity index (χ1) is 8.68. The van der Waals surface area contributed by atoms with Gasteiger partial charge in [0.1, 0.15) is 5.75 Å². The number of nitrogens with two attached hydrogens (primary N) is 1. The van der Waals surface area contributed by atoms with Crippen LogP contribution in [0.1, 0.15) is 17.4 Å². The molecule has 0 aliphatic rings. The van der Waals surface area contributed by atoms with Gasteiger partial charge in [0.2, 0.25) is 0 Å². The molecule has 2 nitrogen and oxygen atoms in total. The van der Waals surface area contributed by atoms with Crippen molar-refractivity contribution >= 4 is 11.3 Å². The highest BCUT2D eigenvalue weighted by atomic mass is 32.1. The lowest BCUT2D eigenvalue weighted by molar-refractivity contribution is 0.413. The lowest BCUT2D eigenvalue weighted by Gasteiger charge is -2.28. The highest BCUT2D eigenvalue weighted by Gasteiger charge is 2.25. The van der Waals surface area contributed by atoms with Gasteiger partial charge in [-0.05, 0) is 35.6 Å². The number of hydrogen-bond acceptors (Lipinski definition) is 3. The molecule has 3 heteroatoms. The Hall–Kier alpha value is -1.32. The largest absolute Gasteiger partial charge is 0.497 e. The fourth-order valence-electron chi connectivity index (χ4n) is 2.08. The normalized spacial score (nSPS) is 14.2. The fraction of sp³-hybridized carbons (Fsp3) is 0.333. The number of methoxy groups -OCH3 is 1. The van der Waals surface area contributed by atoms with Crippen LogP contribution < -0.4 is 10.5 Å². The standard InChI is InChI=1S/C15H19NOS/c1-15(11-16,10-14-4-3-9-18-14)12-5-7-13(17-2)8-6-12/h3-9H,10-11,16H2,1-2H3. The van der Waals surface area contributed by atoms with Crippen molar-refractivity contribution in [2.75, 3.05) is 13.7 Å². The summed E-state index contributed by atoms with van der Waals surface area (Å²) in [6.45, 7) is 2.85. The third-order valence-corrected chi connectivity index (χ3v) is 4.26. The molecular weight excluding hydrogens is 242 g/mol. The van der Waals surface area contributed by atoms with Crippen molar-refractivity contribution in [2.24, 2.45) is 5.73 Å². The molecule has 2 N–H and O–H groups in total. The predicted molar refractivity (Wildman–Crippen MR) is 77.4 cm³/mol. The van der Waals surface area contributed by atoms with Crippen molar-refractivity contribution in [1.82, 2.24) is 0 Å². The van der Waals surface area contributed by atoms with Crippen molar-refractivity contribution in [3.05, 3.63) is 52.2 Å². The summed E-state index contributed by atoms with van der Waals surface area (Å²) >= 11 is 1.79. The predicted octanol–water partition coefficient (Wildman–Crippen LogP) is 3.22. The van der Waals surface area contributed by atoms with E-state index in [2.05, 4.69) is 36.6 Å². The molecular formula is C15H19NOS. The molecule has 0 aliphatic carbocycles. The van der Waals surface area contributed by atoms with Gasteiger partial charge < -0.3 is 10.5 Å². The molecule has 2 rings (SSSR count). The second kappa shape index (κ2) is 5.55. The van der Waals surface area contributed by atoms with E-state index in [4.69, 9.17) is 10.5 Å². The lowest BCUT2D eigenvalue weighted by atomic mass is 9.79. The van der Waals surface area contributed by atoms with E-state index < -0.39 is 0 Å². The molecule has 0 amide bonds. The van der Waals surface area contributed by atoms with Gasteiger partial charge in [-0.15, -0.1) is 11.3 Å². The molecule has 0 spiro atoms. The highest BCUT2D eigenvalue weighted by Crippen LogP contribution is 2.30. The minimum Gasteiger partial charge on any atom is -0.497 e. The van der Waals surface area contributed by atoms with Crippen molar-refractivity contribution in [2.45, 2.75) is 18.8 Å². The second-order valence-corrected chi connectivity index (χ2v) is 5.78. The van der Waals surface area contributed by atoms with Crippen LogP contribution in [0.4, 0.5) is 0 Å². The van der Waals surface area contributed by atoms with Gasteiger partial charge in [0.05, 0.1) is 7.11 Å². The summed E-state index contributed by atoms with van der Waals surface area (Å²) in [5, 5.41) is 2.11. The second-order valence-electron chi connectivity index (χ2n) is 4.75. The molecule has 0 saturated carbocycles. The summed E-state index contributed by atoms with van der Waals surface area (Å²) in [7, 11) is 1.68. The van der Waals surface area contributed by atoms with Crippen molar-refractivity contribution in [3.8, 4) is 5.75 Å². The van der Waals surface area contributed by atoms with E-state index >= 15 is 0 Å². The summed E-state index contributed by atoms with van der Waals surface area (Å²) in [5.74, 6) is 0.884. The van der Waals surface area contributed by atoms with Crippen LogP contribution in [-0.2, 0) is 11.8 Å². The van der Waals surface area contributed by atoms with Crippen LogP contribution in [0.3, 0.4) is 0 Å². The van der Waals surface area contributed by atoms with E-state index in [-0.39, 0.29) is 5.41 Å². The Labute approximate surface area is 112 Å². The van der Waals surface area contributed by atoms with Gasteiger partial charge in [-0.2, -0.15) is 0 Å². The Bertz CT molecular complexity index is 478. The maximum atomic E-state index is 6.00. The molecule has 1 aromatic carbocycles. The van der Waals surface area contributed by atoms with Gasteiger partial charge in [-0.1, -0.05) is 25.1 Å². The Morgan fingerprint density at radius 1 is 1.22 bits per heavy atom. The van der Waals surface area contributed by atoms with Gasteiger partial charge in [-0.25, -0.2) is 0 Å². The van der Waals surface area contributed by atoms with E-state index in [0.29, 0.717) is 6.54 Å². The Morgan fingerprint density at radius 2 is 1.94 bits per heavy atom. The molecule has 2 aromatic rings. The van der Waals surface area contributed by atoms with Gasteiger partial charge >= 0.3 is 0 Å². The zero-order valence-corrected chi connectivity index (χ0v) is 11.7. The molecule has 0 fully saturated rings. The molecule has 1 unspecified atom stereocenters. The number of benzene rings is 1. The Morgan fingerprint density at radius 3 is 2.44 bits per heavy atom. The van der Waals surface area contributed by atoms with E-state index in [1.165, 1.54) is 10.4 Å². The number of thiophene rings is 1. The van der Waals surface area contributed by atoms with Crippen LogP contribution in [-0.4, -0.2) is 13.7 Å². The molecule has 1 aromatic heterocycles. The van der Waals surface area contributed by atoms with Gasteiger partial charge in [-0.3, -0.25) is 0 Å². The first kappa shape index (κ1) is 13.1. The quantitative estimate of drug-likeness (QED) is 0.897. The molecule has 0 bridgehead atoms. The average molecular weight is 261 g/mol. The summed E-state index contributed by atoms with van der Waals surface area (Å²) in [6, 6.07) is 12.5. The minimum atomic E-state index is -0.0167. The van der Waals surface area contributed by atoms with Crippen LogP contribution in [0.2, 0.25) is 0 Å². The minimum absolute atomic E-state index is 0.0167. The zero-order chi connectivity index (χ0) is 13.0. The van der Waals surface area contributed by atoms with Crippen LogP contribution in [0, 0.1) is 0 Å². The molecule has 0 saturated heterocycles.